The number of rotatable bonds is 22. The molecular formula is C48H44F6O5. The number of halogens is 6. The summed E-state index contributed by atoms with van der Waals surface area (Å²) >= 11 is 0. The zero-order valence-electron chi connectivity index (χ0n) is 32.1. The van der Waals surface area contributed by atoms with Crippen molar-refractivity contribution in [1.82, 2.24) is 0 Å². The van der Waals surface area contributed by atoms with Crippen LogP contribution in [-0.2, 0) is 17.6 Å². The van der Waals surface area contributed by atoms with Crippen LogP contribution < -0.4 is 18.9 Å². The van der Waals surface area contributed by atoms with Gasteiger partial charge in [0.15, 0.2) is 23.1 Å². The molecule has 0 N–H and O–H groups in total. The zero-order chi connectivity index (χ0) is 41.4. The highest BCUT2D eigenvalue weighted by Gasteiger charge is 2.18. The van der Waals surface area contributed by atoms with Gasteiger partial charge in [-0.2, -0.15) is 17.6 Å². The first-order chi connectivity index (χ1) is 28.7. The van der Waals surface area contributed by atoms with E-state index < -0.39 is 24.9 Å². The van der Waals surface area contributed by atoms with E-state index in [4.69, 9.17) is 14.2 Å². The summed E-state index contributed by atoms with van der Waals surface area (Å²) in [5.74, 6) is 0.163. The summed E-state index contributed by atoms with van der Waals surface area (Å²) in [7, 11) is 0. The molecule has 59 heavy (non-hydrogen) atoms. The highest BCUT2D eigenvalue weighted by Crippen LogP contribution is 2.32. The van der Waals surface area contributed by atoms with Crippen LogP contribution in [0.25, 0.3) is 0 Å². The van der Waals surface area contributed by atoms with Gasteiger partial charge in [0.25, 0.3) is 0 Å². The molecule has 0 amide bonds. The lowest BCUT2D eigenvalue weighted by atomic mass is 9.92. The van der Waals surface area contributed by atoms with Gasteiger partial charge in [-0.25, -0.2) is 8.78 Å². The van der Waals surface area contributed by atoms with Crippen molar-refractivity contribution in [3.8, 4) is 34.5 Å². The van der Waals surface area contributed by atoms with Gasteiger partial charge in [0.2, 0.25) is 0 Å². The Kier molecular flexibility index (Phi) is 15.7. The quantitative estimate of drug-likeness (QED) is 0.0639. The van der Waals surface area contributed by atoms with Gasteiger partial charge >= 0.3 is 13.2 Å². The average Bonchev–Trinajstić information content (AvgIpc) is 3.23. The lowest BCUT2D eigenvalue weighted by Crippen LogP contribution is -2.14. The van der Waals surface area contributed by atoms with E-state index in [1.54, 1.807) is 72.8 Å². The third-order valence-corrected chi connectivity index (χ3v) is 9.76. The van der Waals surface area contributed by atoms with Crippen molar-refractivity contribution < 1.29 is 50.0 Å². The van der Waals surface area contributed by atoms with Crippen LogP contribution in [0.15, 0.2) is 146 Å². The Labute approximate surface area is 340 Å². The minimum atomic E-state index is -2.95. The van der Waals surface area contributed by atoms with Gasteiger partial charge in [-0.15, -0.1) is 0 Å². The lowest BCUT2D eigenvalue weighted by molar-refractivity contribution is -0.0505. The highest BCUT2D eigenvalue weighted by atomic mass is 19.3. The van der Waals surface area contributed by atoms with Gasteiger partial charge in [0.05, 0.1) is 13.2 Å². The molecule has 11 heteroatoms. The van der Waals surface area contributed by atoms with Crippen molar-refractivity contribution in [2.24, 2.45) is 0 Å². The third kappa shape index (κ3) is 13.6. The van der Waals surface area contributed by atoms with Crippen LogP contribution in [0.3, 0.4) is 0 Å². The van der Waals surface area contributed by atoms with Gasteiger partial charge in [-0.3, -0.25) is 0 Å². The van der Waals surface area contributed by atoms with Crippen LogP contribution in [-0.4, -0.2) is 26.4 Å². The molecule has 5 nitrogen and oxygen atoms in total. The molecule has 6 aromatic carbocycles. The predicted molar refractivity (Wildman–Crippen MR) is 214 cm³/mol. The van der Waals surface area contributed by atoms with Crippen molar-refractivity contribution >= 4 is 0 Å². The van der Waals surface area contributed by atoms with Crippen LogP contribution in [0.2, 0.25) is 0 Å². The molecule has 0 saturated heterocycles. The summed E-state index contributed by atoms with van der Waals surface area (Å²) < 4.78 is 108. The summed E-state index contributed by atoms with van der Waals surface area (Å²) in [5.41, 5.74) is 3.51. The molecular weight excluding hydrogens is 771 g/mol. The summed E-state index contributed by atoms with van der Waals surface area (Å²) in [5, 5.41) is 0. The topological polar surface area (TPSA) is 46.2 Å². The molecule has 0 aromatic heterocycles. The summed E-state index contributed by atoms with van der Waals surface area (Å²) in [4.78, 5) is 0. The normalized spacial score (nSPS) is 12.3. The Bertz CT molecular complexity index is 2000. The van der Waals surface area contributed by atoms with Crippen molar-refractivity contribution in [2.45, 2.75) is 63.6 Å². The molecule has 0 radical (unpaired) electrons. The summed E-state index contributed by atoms with van der Waals surface area (Å²) in [6.45, 7) is -5.32. The zero-order valence-corrected chi connectivity index (χ0v) is 32.1. The Morgan fingerprint density at radius 2 is 0.814 bits per heavy atom. The molecule has 0 fully saturated rings. The van der Waals surface area contributed by atoms with Crippen molar-refractivity contribution in [2.75, 3.05) is 13.2 Å². The highest BCUT2D eigenvalue weighted by molar-refractivity contribution is 5.37. The Hall–Kier alpha value is -5.94. The maximum absolute atomic E-state index is 14.7. The second-order valence-electron chi connectivity index (χ2n) is 14.0. The molecule has 2 unspecified atom stereocenters. The fourth-order valence-corrected chi connectivity index (χ4v) is 6.79. The smallest absolute Gasteiger partial charge is 0.387 e. The molecule has 6 rings (SSSR count). The SMILES string of the molecule is Fc1ccc(CCCC(COCC(CCCc2ccc(F)c(Oc3ccccc3)c2)c2ccc(OC(F)F)cc2)c2ccc(OC(F)F)cc2)cc1Oc1ccccc1. The Morgan fingerprint density at radius 1 is 0.424 bits per heavy atom. The van der Waals surface area contributed by atoms with Crippen LogP contribution in [0.5, 0.6) is 34.5 Å². The van der Waals surface area contributed by atoms with E-state index in [2.05, 4.69) is 9.47 Å². The van der Waals surface area contributed by atoms with Crippen LogP contribution in [0.4, 0.5) is 26.3 Å². The minimum absolute atomic E-state index is 0.0416. The fourth-order valence-electron chi connectivity index (χ4n) is 6.79. The average molecular weight is 815 g/mol. The number of alkyl halides is 4. The number of benzene rings is 6. The Balaban J connectivity index is 1.13. The van der Waals surface area contributed by atoms with Gasteiger partial charge in [-0.05, 0) is 134 Å². The van der Waals surface area contributed by atoms with Crippen LogP contribution in [0.1, 0.15) is 59.8 Å². The van der Waals surface area contributed by atoms with Crippen molar-refractivity contribution in [3.63, 3.8) is 0 Å². The van der Waals surface area contributed by atoms with Crippen molar-refractivity contribution in [3.05, 3.63) is 179 Å². The van der Waals surface area contributed by atoms with Gasteiger partial charge in [0.1, 0.15) is 23.0 Å². The number of hydrogen-bond donors (Lipinski definition) is 0. The summed E-state index contributed by atoms with van der Waals surface area (Å²) in [6.07, 6.45) is 3.94. The van der Waals surface area contributed by atoms with E-state index in [1.165, 1.54) is 36.4 Å². The molecule has 308 valence electrons. The second kappa shape index (κ2) is 21.7. The maximum atomic E-state index is 14.7. The largest absolute Gasteiger partial charge is 0.454 e. The lowest BCUT2D eigenvalue weighted by Gasteiger charge is -2.22. The number of hydrogen-bond acceptors (Lipinski definition) is 5. The van der Waals surface area contributed by atoms with Gasteiger partial charge in [-0.1, -0.05) is 72.8 Å². The number of ether oxygens (including phenoxy) is 5. The number of para-hydroxylation sites is 2. The minimum Gasteiger partial charge on any atom is -0.454 e. The molecule has 6 aromatic rings. The molecule has 0 heterocycles. The second-order valence-corrected chi connectivity index (χ2v) is 14.0. The first kappa shape index (κ1) is 42.7. The monoisotopic (exact) mass is 814 g/mol. The standard InChI is InChI=1S/C48H44F6O5/c49-43-27-17-33(29-45(43)56-39-13-3-1-4-14-39)9-7-11-37(35-19-23-41(24-20-35)58-47(51)52)31-55-32-38(36-21-25-42(26-22-36)59-48(53)54)12-8-10-34-18-28-44(50)46(30-34)57-40-15-5-2-6-16-40/h1-6,13-30,37-38,47-48H,7-12,31-32H2. The molecule has 0 spiro atoms. The van der Waals surface area contributed by atoms with Crippen LogP contribution in [0, 0.1) is 11.6 Å². The predicted octanol–water partition coefficient (Wildman–Crippen LogP) is 13.7. The third-order valence-electron chi connectivity index (χ3n) is 9.76. The first-order valence-electron chi connectivity index (χ1n) is 19.4. The van der Waals surface area contributed by atoms with E-state index >= 15 is 0 Å². The van der Waals surface area contributed by atoms with E-state index in [0.717, 1.165) is 22.3 Å². The van der Waals surface area contributed by atoms with Crippen LogP contribution >= 0.6 is 0 Å². The van der Waals surface area contributed by atoms with E-state index in [1.807, 2.05) is 36.4 Å². The molecule has 0 saturated carbocycles. The fraction of sp³-hybridized carbons (Fsp3) is 0.250. The molecule has 2 atom stereocenters. The molecule has 0 aliphatic heterocycles. The van der Waals surface area contributed by atoms with E-state index in [9.17, 15) is 26.3 Å². The summed E-state index contributed by atoms with van der Waals surface area (Å²) in [6, 6.07) is 40.5. The van der Waals surface area contributed by atoms with Gasteiger partial charge in [0, 0.05) is 11.8 Å². The molecule has 0 bridgehead atoms. The van der Waals surface area contributed by atoms with Crippen molar-refractivity contribution in [1.29, 1.82) is 0 Å². The molecule has 0 aliphatic rings. The molecule has 0 aliphatic carbocycles. The van der Waals surface area contributed by atoms with E-state index in [-0.39, 0.29) is 34.8 Å². The van der Waals surface area contributed by atoms with Gasteiger partial charge < -0.3 is 23.7 Å². The maximum Gasteiger partial charge on any atom is 0.387 e. The van der Waals surface area contributed by atoms with E-state index in [0.29, 0.717) is 63.2 Å². The Morgan fingerprint density at radius 3 is 1.19 bits per heavy atom. The number of aryl methyl sites for hydroxylation is 2. The first-order valence-corrected chi connectivity index (χ1v) is 19.4.